The van der Waals surface area contributed by atoms with Gasteiger partial charge in [-0.2, -0.15) is 0 Å². The number of hydrogen-bond acceptors (Lipinski definition) is 4. The van der Waals surface area contributed by atoms with E-state index in [1.165, 1.54) is 0 Å². The molecule has 0 unspecified atom stereocenters. The third-order valence-corrected chi connectivity index (χ3v) is 2.85. The second kappa shape index (κ2) is 6.47. The van der Waals surface area contributed by atoms with Gasteiger partial charge in [0.25, 0.3) is 0 Å². The number of likely N-dealkylation sites (N-methyl/N-ethyl adjacent to an activating group) is 1. The van der Waals surface area contributed by atoms with Crippen LogP contribution in [0.25, 0.3) is 0 Å². The second-order valence-electron chi connectivity index (χ2n) is 4.10. The molecule has 0 amide bonds. The number of rotatable bonds is 6. The van der Waals surface area contributed by atoms with Gasteiger partial charge in [0.15, 0.2) is 0 Å². The number of aliphatic hydroxyl groups excluding tert-OH is 1. The lowest BCUT2D eigenvalue weighted by Gasteiger charge is -2.17. The van der Waals surface area contributed by atoms with E-state index in [1.807, 2.05) is 31.0 Å². The second-order valence-corrected chi connectivity index (χ2v) is 4.10. The van der Waals surface area contributed by atoms with E-state index in [0.29, 0.717) is 0 Å². The van der Waals surface area contributed by atoms with Gasteiger partial charge in [0, 0.05) is 12.6 Å². The number of benzene rings is 1. The molecule has 4 nitrogen and oxygen atoms in total. The SMILES string of the molecule is COc1cc(C)c(CCN(C)CO)c(OC)c1. The molecule has 17 heavy (non-hydrogen) atoms. The van der Waals surface area contributed by atoms with Gasteiger partial charge in [-0.25, -0.2) is 0 Å². The molecule has 0 heterocycles. The van der Waals surface area contributed by atoms with Crippen LogP contribution >= 0.6 is 0 Å². The molecular weight excluding hydrogens is 218 g/mol. The van der Waals surface area contributed by atoms with Crippen molar-refractivity contribution in [2.24, 2.45) is 0 Å². The Morgan fingerprint density at radius 2 is 1.94 bits per heavy atom. The van der Waals surface area contributed by atoms with Gasteiger partial charge >= 0.3 is 0 Å². The first-order valence-electron chi connectivity index (χ1n) is 5.63. The summed E-state index contributed by atoms with van der Waals surface area (Å²) in [5.41, 5.74) is 2.31. The van der Waals surface area contributed by atoms with Gasteiger partial charge in [-0.05, 0) is 37.6 Å². The van der Waals surface area contributed by atoms with E-state index in [2.05, 4.69) is 0 Å². The summed E-state index contributed by atoms with van der Waals surface area (Å²) < 4.78 is 10.6. The average Bonchev–Trinajstić information content (AvgIpc) is 2.35. The van der Waals surface area contributed by atoms with Gasteiger partial charge in [0.2, 0.25) is 0 Å². The van der Waals surface area contributed by atoms with Crippen molar-refractivity contribution in [3.8, 4) is 11.5 Å². The minimum atomic E-state index is 0.0670. The summed E-state index contributed by atoms with van der Waals surface area (Å²) in [5.74, 6) is 1.65. The predicted molar refractivity (Wildman–Crippen MR) is 67.7 cm³/mol. The van der Waals surface area contributed by atoms with E-state index < -0.39 is 0 Å². The summed E-state index contributed by atoms with van der Waals surface area (Å²) in [4.78, 5) is 1.85. The van der Waals surface area contributed by atoms with E-state index >= 15 is 0 Å². The van der Waals surface area contributed by atoms with Crippen LogP contribution in [0.2, 0.25) is 0 Å². The molecule has 1 aromatic carbocycles. The molecule has 0 bridgehead atoms. The summed E-state index contributed by atoms with van der Waals surface area (Å²) in [5, 5.41) is 8.97. The third kappa shape index (κ3) is 3.61. The molecule has 0 radical (unpaired) electrons. The number of hydrogen-bond donors (Lipinski definition) is 1. The molecule has 1 N–H and O–H groups in total. The van der Waals surface area contributed by atoms with E-state index in [0.717, 1.165) is 35.6 Å². The zero-order valence-electron chi connectivity index (χ0n) is 11.0. The first-order chi connectivity index (χ1) is 8.12. The maximum atomic E-state index is 8.97. The Bertz CT molecular complexity index is 366. The van der Waals surface area contributed by atoms with Crippen molar-refractivity contribution >= 4 is 0 Å². The van der Waals surface area contributed by atoms with Gasteiger partial charge < -0.3 is 14.6 Å². The molecular formula is C13H21NO3. The van der Waals surface area contributed by atoms with Crippen molar-refractivity contribution in [2.75, 3.05) is 34.5 Å². The highest BCUT2D eigenvalue weighted by molar-refractivity contribution is 5.46. The first-order valence-corrected chi connectivity index (χ1v) is 5.63. The summed E-state index contributed by atoms with van der Waals surface area (Å²) in [7, 11) is 5.19. The standard InChI is InChI=1S/C13H21NO3/c1-10-7-11(16-3)8-13(17-4)12(10)5-6-14(2)9-15/h7-8,15H,5-6,9H2,1-4H3. The van der Waals surface area contributed by atoms with Gasteiger partial charge in [-0.1, -0.05) is 0 Å². The Balaban J connectivity index is 2.89. The van der Waals surface area contributed by atoms with Crippen LogP contribution in [0.1, 0.15) is 11.1 Å². The molecule has 0 spiro atoms. The number of aryl methyl sites for hydroxylation is 1. The fraction of sp³-hybridized carbons (Fsp3) is 0.538. The van der Waals surface area contributed by atoms with Crippen LogP contribution in [0, 0.1) is 6.92 Å². The normalized spacial score (nSPS) is 10.7. The fourth-order valence-corrected chi connectivity index (χ4v) is 1.75. The quantitative estimate of drug-likeness (QED) is 0.763. The molecule has 4 heteroatoms. The monoisotopic (exact) mass is 239 g/mol. The molecule has 0 atom stereocenters. The maximum Gasteiger partial charge on any atom is 0.126 e. The summed E-state index contributed by atoms with van der Waals surface area (Å²) >= 11 is 0. The lowest BCUT2D eigenvalue weighted by atomic mass is 10.0. The van der Waals surface area contributed by atoms with Crippen molar-refractivity contribution in [1.82, 2.24) is 4.90 Å². The Morgan fingerprint density at radius 1 is 1.24 bits per heavy atom. The highest BCUT2D eigenvalue weighted by atomic mass is 16.5. The van der Waals surface area contributed by atoms with Crippen LogP contribution in [-0.2, 0) is 6.42 Å². The molecule has 0 saturated carbocycles. The Morgan fingerprint density at radius 3 is 2.47 bits per heavy atom. The van der Waals surface area contributed by atoms with Gasteiger partial charge in [0.1, 0.15) is 11.5 Å². The fourth-order valence-electron chi connectivity index (χ4n) is 1.75. The third-order valence-electron chi connectivity index (χ3n) is 2.85. The van der Waals surface area contributed by atoms with Crippen LogP contribution in [0.15, 0.2) is 12.1 Å². The topological polar surface area (TPSA) is 41.9 Å². The molecule has 0 fully saturated rings. The molecule has 0 aliphatic carbocycles. The number of methoxy groups -OCH3 is 2. The summed E-state index contributed by atoms with van der Waals surface area (Å²) in [6, 6.07) is 3.89. The minimum absolute atomic E-state index is 0.0670. The number of aliphatic hydroxyl groups is 1. The lowest BCUT2D eigenvalue weighted by molar-refractivity contribution is 0.134. The highest BCUT2D eigenvalue weighted by Crippen LogP contribution is 2.28. The van der Waals surface area contributed by atoms with E-state index in [9.17, 15) is 0 Å². The van der Waals surface area contributed by atoms with Crippen molar-refractivity contribution < 1.29 is 14.6 Å². The molecule has 0 aliphatic rings. The van der Waals surface area contributed by atoms with Crippen molar-refractivity contribution in [3.63, 3.8) is 0 Å². The molecule has 1 rings (SSSR count). The molecule has 1 aromatic rings. The average molecular weight is 239 g/mol. The van der Waals surface area contributed by atoms with Crippen LogP contribution in [-0.4, -0.2) is 44.5 Å². The largest absolute Gasteiger partial charge is 0.497 e. The van der Waals surface area contributed by atoms with Crippen LogP contribution in [0.5, 0.6) is 11.5 Å². The smallest absolute Gasteiger partial charge is 0.126 e. The molecule has 0 saturated heterocycles. The van der Waals surface area contributed by atoms with Crippen molar-refractivity contribution in [3.05, 3.63) is 23.3 Å². The minimum Gasteiger partial charge on any atom is -0.497 e. The predicted octanol–water partition coefficient (Wildman–Crippen LogP) is 1.44. The Hall–Kier alpha value is -1.26. The highest BCUT2D eigenvalue weighted by Gasteiger charge is 2.10. The zero-order chi connectivity index (χ0) is 12.8. The van der Waals surface area contributed by atoms with Crippen LogP contribution in [0.4, 0.5) is 0 Å². The van der Waals surface area contributed by atoms with Gasteiger partial charge in [0.05, 0.1) is 21.0 Å². The molecule has 0 aliphatic heterocycles. The van der Waals surface area contributed by atoms with Crippen LogP contribution < -0.4 is 9.47 Å². The maximum absolute atomic E-state index is 8.97. The molecule has 96 valence electrons. The number of ether oxygens (including phenoxy) is 2. The molecule has 0 aromatic heterocycles. The Kier molecular flexibility index (Phi) is 5.25. The number of nitrogens with zero attached hydrogens (tertiary/aromatic N) is 1. The zero-order valence-corrected chi connectivity index (χ0v) is 11.0. The summed E-state index contributed by atoms with van der Waals surface area (Å²) in [6.07, 6.45) is 0.843. The van der Waals surface area contributed by atoms with E-state index in [1.54, 1.807) is 14.2 Å². The van der Waals surface area contributed by atoms with Gasteiger partial charge in [-0.15, -0.1) is 0 Å². The van der Waals surface area contributed by atoms with E-state index in [-0.39, 0.29) is 6.73 Å². The van der Waals surface area contributed by atoms with Crippen molar-refractivity contribution in [1.29, 1.82) is 0 Å². The summed E-state index contributed by atoms with van der Waals surface area (Å²) in [6.45, 7) is 2.90. The van der Waals surface area contributed by atoms with E-state index in [4.69, 9.17) is 14.6 Å². The van der Waals surface area contributed by atoms with Crippen LogP contribution in [0.3, 0.4) is 0 Å². The van der Waals surface area contributed by atoms with Crippen molar-refractivity contribution in [2.45, 2.75) is 13.3 Å². The van der Waals surface area contributed by atoms with Gasteiger partial charge in [-0.3, -0.25) is 4.90 Å². The Labute approximate surface area is 103 Å². The first kappa shape index (κ1) is 13.8. The lowest BCUT2D eigenvalue weighted by Crippen LogP contribution is -2.22.